The van der Waals surface area contributed by atoms with Crippen molar-refractivity contribution in [2.45, 2.75) is 0 Å². The quantitative estimate of drug-likeness (QED) is 0.371. The second kappa shape index (κ2) is 5.45. The summed E-state index contributed by atoms with van der Waals surface area (Å²) in [6.07, 6.45) is 1.59. The molecule has 0 heterocycles. The van der Waals surface area contributed by atoms with E-state index in [4.69, 9.17) is 5.26 Å². The molecule has 0 aliphatic heterocycles. The van der Waals surface area contributed by atoms with E-state index in [9.17, 15) is 0 Å². The SMILES string of the molecule is N#CO[Se][K]. The molecule has 0 fully saturated rings. The molecule has 4 heteroatoms. The minimum atomic E-state index is 0.252. The van der Waals surface area contributed by atoms with E-state index in [0.717, 1.165) is 45.4 Å². The fourth-order valence-electron chi connectivity index (χ4n) is 0.0373. The molecule has 0 N–H and O–H groups in total. The summed E-state index contributed by atoms with van der Waals surface area (Å²) in [6, 6.07) is 0. The first-order chi connectivity index (χ1) is 2.41. The van der Waals surface area contributed by atoms with Gasteiger partial charge in [-0.3, -0.25) is 0 Å². The molecule has 0 saturated heterocycles. The van der Waals surface area contributed by atoms with Crippen LogP contribution in [0.3, 0.4) is 0 Å². The van der Waals surface area contributed by atoms with Crippen molar-refractivity contribution in [2.24, 2.45) is 0 Å². The summed E-state index contributed by atoms with van der Waals surface area (Å²) in [5.41, 5.74) is 0. The predicted octanol–water partition coefficient (Wildman–Crippen LogP) is -0.813. The van der Waals surface area contributed by atoms with Gasteiger partial charge in [0.2, 0.25) is 0 Å². The predicted molar refractivity (Wildman–Crippen MR) is 18.2 cm³/mol. The van der Waals surface area contributed by atoms with Gasteiger partial charge in [0.05, 0.1) is 0 Å². The Balaban J connectivity index is 2.48. The van der Waals surface area contributed by atoms with E-state index < -0.39 is 0 Å². The molecule has 0 atom stereocenters. The van der Waals surface area contributed by atoms with Crippen molar-refractivity contribution >= 4 is 51.3 Å². The van der Waals surface area contributed by atoms with Gasteiger partial charge in [0.15, 0.2) is 0 Å². The summed E-state index contributed by atoms with van der Waals surface area (Å²) in [5.74, 6) is 0.252. The molecule has 0 aromatic rings. The molecule has 22 valence electrons. The van der Waals surface area contributed by atoms with E-state index in [2.05, 4.69) is 3.82 Å². The number of hydrogen-bond donors (Lipinski definition) is 0. The third-order valence-corrected chi connectivity index (χ3v) is 1.98. The van der Waals surface area contributed by atoms with Crippen molar-refractivity contribution in [3.8, 4) is 6.26 Å². The Hall–Kier alpha value is 1.45. The molecule has 0 unspecified atom stereocenters. The Labute approximate surface area is 65.0 Å². The standard InChI is InChI=1S/CHNOSe.K/c2-1-3-4;/h4H;/q;+1/p-1. The van der Waals surface area contributed by atoms with E-state index >= 15 is 0 Å². The van der Waals surface area contributed by atoms with E-state index in [1.165, 1.54) is 0 Å². The number of nitriles is 1. The second-order valence-corrected chi connectivity index (χ2v) is 4.10. The van der Waals surface area contributed by atoms with Crippen LogP contribution in [0.1, 0.15) is 0 Å². The maximum atomic E-state index is 7.64. The second-order valence-electron chi connectivity index (χ2n) is 0.341. The third-order valence-electron chi connectivity index (χ3n) is 0.121. The average Bonchev–Trinajstić information content (AvgIpc) is 1.41. The first-order valence-corrected chi connectivity index (χ1v) is 10.0. The van der Waals surface area contributed by atoms with Crippen molar-refractivity contribution in [2.75, 3.05) is 0 Å². The summed E-state index contributed by atoms with van der Waals surface area (Å²) < 4.78 is 4.28. The maximum absolute atomic E-state index is 7.64. The monoisotopic (exact) mass is 161 g/mol. The van der Waals surface area contributed by atoms with Crippen LogP contribution in [-0.2, 0) is 3.82 Å². The van der Waals surface area contributed by atoms with Gasteiger partial charge in [-0.15, -0.1) is 0 Å². The van der Waals surface area contributed by atoms with E-state index in [-0.39, 0.29) is 5.93 Å². The molecule has 0 aliphatic rings. The van der Waals surface area contributed by atoms with Gasteiger partial charge in [0, 0.05) is 0 Å². The Morgan fingerprint density at radius 2 is 2.60 bits per heavy atom. The van der Waals surface area contributed by atoms with Crippen molar-refractivity contribution in [1.82, 2.24) is 0 Å². The van der Waals surface area contributed by atoms with Gasteiger partial charge in [0.1, 0.15) is 0 Å². The van der Waals surface area contributed by atoms with E-state index in [1.807, 2.05) is 0 Å². The van der Waals surface area contributed by atoms with Gasteiger partial charge in [-0.2, -0.15) is 0 Å². The van der Waals surface area contributed by atoms with Gasteiger partial charge in [0.25, 0.3) is 0 Å². The normalized spacial score (nSPS) is 5.80. The van der Waals surface area contributed by atoms with Gasteiger partial charge >= 0.3 is 66.6 Å². The molecule has 0 aliphatic carbocycles. The molecular weight excluding hydrogens is 160 g/mol. The van der Waals surface area contributed by atoms with E-state index in [1.54, 1.807) is 6.26 Å². The first kappa shape index (κ1) is 6.45. The third kappa shape index (κ3) is 5.45. The number of nitrogens with zero attached hydrogens (tertiary/aromatic N) is 1. The van der Waals surface area contributed by atoms with Crippen LogP contribution in [0.25, 0.3) is 0 Å². The zero-order valence-corrected chi connectivity index (χ0v) is 7.60. The van der Waals surface area contributed by atoms with Crippen molar-refractivity contribution in [3.05, 3.63) is 0 Å². The molecule has 0 rings (SSSR count). The molecule has 0 spiro atoms. The van der Waals surface area contributed by atoms with Crippen LogP contribution in [0.5, 0.6) is 0 Å². The molecule has 0 aromatic heterocycles. The topological polar surface area (TPSA) is 33.0 Å². The van der Waals surface area contributed by atoms with Crippen LogP contribution in [-0.4, -0.2) is 51.3 Å². The Morgan fingerprint density at radius 3 is 2.60 bits per heavy atom. The summed E-state index contributed by atoms with van der Waals surface area (Å²) in [6.45, 7) is 0. The molecule has 2 nitrogen and oxygen atoms in total. The van der Waals surface area contributed by atoms with Crippen LogP contribution < -0.4 is 0 Å². The first-order valence-electron chi connectivity index (χ1n) is 1.00. The van der Waals surface area contributed by atoms with Crippen LogP contribution in [0.15, 0.2) is 0 Å². The Morgan fingerprint density at radius 1 is 2.00 bits per heavy atom. The van der Waals surface area contributed by atoms with Gasteiger partial charge < -0.3 is 0 Å². The molecule has 5 heavy (non-hydrogen) atoms. The molecule has 0 bridgehead atoms. The fraction of sp³-hybridized carbons (Fsp3) is 0. The molecule has 0 radical (unpaired) electrons. The molecular formula is CKNOSe. The number of rotatable bonds is 1. The number of hydrogen-bond acceptors (Lipinski definition) is 2. The van der Waals surface area contributed by atoms with Crippen molar-refractivity contribution in [3.63, 3.8) is 0 Å². The average molecular weight is 160 g/mol. The van der Waals surface area contributed by atoms with Crippen molar-refractivity contribution < 1.29 is 3.82 Å². The molecule has 0 aromatic carbocycles. The van der Waals surface area contributed by atoms with Crippen LogP contribution >= 0.6 is 0 Å². The van der Waals surface area contributed by atoms with Crippen LogP contribution in [0.2, 0.25) is 0 Å². The molecule has 0 saturated carbocycles. The van der Waals surface area contributed by atoms with Crippen molar-refractivity contribution in [1.29, 1.82) is 5.26 Å². The zero-order chi connectivity index (χ0) is 4.12. The van der Waals surface area contributed by atoms with Gasteiger partial charge in [-0.25, -0.2) is 0 Å². The fourth-order valence-corrected chi connectivity index (χ4v) is 0.798. The van der Waals surface area contributed by atoms with Crippen LogP contribution in [0, 0.1) is 11.5 Å². The van der Waals surface area contributed by atoms with Gasteiger partial charge in [-0.1, -0.05) is 0 Å². The van der Waals surface area contributed by atoms with Gasteiger partial charge in [-0.05, 0) is 0 Å². The summed E-state index contributed by atoms with van der Waals surface area (Å²) in [7, 11) is 0. The Kier molecular flexibility index (Phi) is 7.02. The summed E-state index contributed by atoms with van der Waals surface area (Å²) >= 11 is 0.732. The summed E-state index contributed by atoms with van der Waals surface area (Å²) in [5, 5.41) is 7.64. The Bertz CT molecular complexity index is 50.1. The molecule has 0 amide bonds. The minimum absolute atomic E-state index is 0.252. The van der Waals surface area contributed by atoms with Crippen LogP contribution in [0.4, 0.5) is 0 Å². The van der Waals surface area contributed by atoms with E-state index in [0.29, 0.717) is 0 Å². The zero-order valence-electron chi connectivity index (χ0n) is 2.76. The summed E-state index contributed by atoms with van der Waals surface area (Å²) in [4.78, 5) is 0.